The predicted octanol–water partition coefficient (Wildman–Crippen LogP) is 1.73. The van der Waals surface area contributed by atoms with Gasteiger partial charge in [0, 0.05) is 12.8 Å². The lowest BCUT2D eigenvalue weighted by Gasteiger charge is -2.26. The van der Waals surface area contributed by atoms with Crippen LogP contribution >= 0.6 is 0 Å². The molecule has 0 amide bonds. The molecular formula is C35H62O15. The van der Waals surface area contributed by atoms with Gasteiger partial charge >= 0.3 is 11.9 Å². The number of rotatable bonds is 25. The average molecular weight is 723 g/mol. The van der Waals surface area contributed by atoms with Crippen molar-refractivity contribution in [2.75, 3.05) is 19.8 Å². The van der Waals surface area contributed by atoms with Gasteiger partial charge in [0.2, 0.25) is 0 Å². The molecule has 3 rings (SSSR count). The number of aliphatic hydroxyl groups is 6. The second kappa shape index (κ2) is 23.2. The molecule has 0 aromatic carbocycles. The van der Waals surface area contributed by atoms with Gasteiger partial charge in [-0.25, -0.2) is 0 Å². The van der Waals surface area contributed by atoms with Crippen LogP contribution in [0.5, 0.6) is 0 Å². The van der Waals surface area contributed by atoms with E-state index in [0.29, 0.717) is 12.8 Å². The van der Waals surface area contributed by atoms with Gasteiger partial charge in [0.15, 0.2) is 18.9 Å². The summed E-state index contributed by atoms with van der Waals surface area (Å²) in [5.41, 5.74) is 0. The SMILES string of the molecule is CCCCCCCCCC(=O)OC[C@H]1O[C@H](OC[C@H]2O[C@H](O)[C@@H](O)[C@@H]2O[C@H]2O[C@H](COC(=O)CCCCCCCCC)[C@@H](O)[C@@H]2O)[C@@H](O)[C@@H]1O. The summed E-state index contributed by atoms with van der Waals surface area (Å²) < 4.78 is 38.4. The molecule has 0 bridgehead atoms. The predicted molar refractivity (Wildman–Crippen MR) is 176 cm³/mol. The molecule has 50 heavy (non-hydrogen) atoms. The first-order chi connectivity index (χ1) is 24.1. The number of carbonyl (C=O) groups is 2. The fourth-order valence-electron chi connectivity index (χ4n) is 6.27. The van der Waals surface area contributed by atoms with E-state index in [1.807, 2.05) is 0 Å². The largest absolute Gasteiger partial charge is 0.463 e. The van der Waals surface area contributed by atoms with Crippen molar-refractivity contribution in [1.82, 2.24) is 0 Å². The molecule has 6 N–H and O–H groups in total. The zero-order valence-corrected chi connectivity index (χ0v) is 29.7. The van der Waals surface area contributed by atoms with E-state index in [-0.39, 0.29) is 26.1 Å². The van der Waals surface area contributed by atoms with E-state index in [2.05, 4.69) is 13.8 Å². The Kier molecular flexibility index (Phi) is 19.9. The highest BCUT2D eigenvalue weighted by atomic mass is 16.8. The summed E-state index contributed by atoms with van der Waals surface area (Å²) >= 11 is 0. The summed E-state index contributed by atoms with van der Waals surface area (Å²) in [5.74, 6) is -0.876. The number of unbranched alkanes of at least 4 members (excludes halogenated alkanes) is 12. The Balaban J connectivity index is 1.39. The van der Waals surface area contributed by atoms with Crippen molar-refractivity contribution in [2.45, 2.75) is 190 Å². The number of esters is 2. The lowest BCUT2D eigenvalue weighted by atomic mass is 10.1. The maximum Gasteiger partial charge on any atom is 0.305 e. The van der Waals surface area contributed by atoms with Crippen LogP contribution < -0.4 is 0 Å². The van der Waals surface area contributed by atoms with Crippen molar-refractivity contribution in [3.63, 3.8) is 0 Å². The maximum atomic E-state index is 12.2. The van der Waals surface area contributed by atoms with Crippen LogP contribution in [0.1, 0.15) is 117 Å². The van der Waals surface area contributed by atoms with Crippen molar-refractivity contribution in [2.24, 2.45) is 0 Å². The van der Waals surface area contributed by atoms with Crippen molar-refractivity contribution in [1.29, 1.82) is 0 Å². The first kappa shape index (κ1) is 42.9. The molecule has 3 aliphatic rings. The summed E-state index contributed by atoms with van der Waals surface area (Å²) in [7, 11) is 0. The molecule has 0 saturated carbocycles. The van der Waals surface area contributed by atoms with Crippen LogP contribution in [0, 0.1) is 0 Å². The van der Waals surface area contributed by atoms with E-state index in [1.165, 1.54) is 38.5 Å². The zero-order chi connectivity index (χ0) is 36.5. The summed E-state index contributed by atoms with van der Waals surface area (Å²) in [6, 6.07) is 0. The Hall–Kier alpha value is -1.50. The van der Waals surface area contributed by atoms with Gasteiger partial charge in [-0.1, -0.05) is 90.9 Å². The van der Waals surface area contributed by atoms with Crippen LogP contribution in [0.3, 0.4) is 0 Å². The van der Waals surface area contributed by atoms with Gasteiger partial charge < -0.3 is 63.8 Å². The number of ether oxygens (including phenoxy) is 7. The highest BCUT2D eigenvalue weighted by Crippen LogP contribution is 2.31. The molecule has 292 valence electrons. The van der Waals surface area contributed by atoms with Crippen molar-refractivity contribution in [3.05, 3.63) is 0 Å². The molecule has 15 nitrogen and oxygen atoms in total. The fraction of sp³-hybridized carbons (Fsp3) is 0.943. The van der Waals surface area contributed by atoms with Gasteiger partial charge in [-0.3, -0.25) is 9.59 Å². The Morgan fingerprint density at radius 2 is 0.940 bits per heavy atom. The van der Waals surface area contributed by atoms with Gasteiger partial charge in [0.05, 0.1) is 6.61 Å². The third kappa shape index (κ3) is 13.8. The number of hydrogen-bond acceptors (Lipinski definition) is 15. The van der Waals surface area contributed by atoms with Gasteiger partial charge in [0.25, 0.3) is 0 Å². The molecule has 12 atom stereocenters. The van der Waals surface area contributed by atoms with Crippen LogP contribution in [-0.2, 0) is 42.7 Å². The summed E-state index contributed by atoms with van der Waals surface area (Å²) in [6.45, 7) is 3.31. The molecule has 0 unspecified atom stereocenters. The first-order valence-electron chi connectivity index (χ1n) is 18.7. The van der Waals surface area contributed by atoms with Crippen LogP contribution in [0.2, 0.25) is 0 Å². The molecule has 0 spiro atoms. The lowest BCUT2D eigenvalue weighted by Crippen LogP contribution is -2.44. The highest BCUT2D eigenvalue weighted by Gasteiger charge is 2.51. The standard InChI is InChI=1S/C35H62O15/c1-3-5-7-9-11-13-15-17-25(36)44-19-22-27(38)29(40)34(48-22)46-21-24-32(31(42)33(43)47-24)50-35-30(41)28(39)23(49-35)20-45-26(37)18-16-14-12-10-8-6-4-2/h22-24,27-35,38-43H,3-21H2,1-2H3/t22-,23-,24-,27-,28-,29+,30+,31+,32-,33+,34+,35-/m1/s1. The van der Waals surface area contributed by atoms with Crippen LogP contribution in [0.4, 0.5) is 0 Å². The minimum Gasteiger partial charge on any atom is -0.463 e. The minimum atomic E-state index is -1.69. The van der Waals surface area contributed by atoms with Gasteiger partial charge in [-0.05, 0) is 12.8 Å². The quantitative estimate of drug-likeness (QED) is 0.0584. The fourth-order valence-corrected chi connectivity index (χ4v) is 6.27. The molecule has 3 aliphatic heterocycles. The van der Waals surface area contributed by atoms with Crippen molar-refractivity contribution >= 4 is 11.9 Å². The zero-order valence-electron chi connectivity index (χ0n) is 29.7. The van der Waals surface area contributed by atoms with Crippen molar-refractivity contribution in [3.8, 4) is 0 Å². The summed E-state index contributed by atoms with van der Waals surface area (Å²) in [4.78, 5) is 24.3. The second-order valence-corrected chi connectivity index (χ2v) is 13.6. The Bertz CT molecular complexity index is 955. The minimum absolute atomic E-state index is 0.228. The Morgan fingerprint density at radius 1 is 0.500 bits per heavy atom. The molecular weight excluding hydrogens is 660 g/mol. The monoisotopic (exact) mass is 722 g/mol. The van der Waals surface area contributed by atoms with E-state index < -0.39 is 92.4 Å². The lowest BCUT2D eigenvalue weighted by molar-refractivity contribution is -0.228. The summed E-state index contributed by atoms with van der Waals surface area (Å²) in [6.07, 6.45) is -1.48. The average Bonchev–Trinajstić information content (AvgIpc) is 3.64. The molecule has 0 aromatic rings. The second-order valence-electron chi connectivity index (χ2n) is 13.6. The topological polar surface area (TPSA) is 220 Å². The van der Waals surface area contributed by atoms with Crippen molar-refractivity contribution < 1.29 is 73.4 Å². The van der Waals surface area contributed by atoms with E-state index in [9.17, 15) is 40.2 Å². The van der Waals surface area contributed by atoms with Crippen LogP contribution in [-0.4, -0.2) is 136 Å². The summed E-state index contributed by atoms with van der Waals surface area (Å²) in [5, 5.41) is 62.7. The molecule has 3 saturated heterocycles. The smallest absolute Gasteiger partial charge is 0.305 e. The first-order valence-corrected chi connectivity index (χ1v) is 18.7. The molecule has 3 fully saturated rings. The Morgan fingerprint density at radius 3 is 1.44 bits per heavy atom. The number of aliphatic hydroxyl groups excluding tert-OH is 6. The van der Waals surface area contributed by atoms with Gasteiger partial charge in [-0.15, -0.1) is 0 Å². The normalized spacial score (nSPS) is 34.0. The molecule has 0 radical (unpaired) electrons. The number of carbonyl (C=O) groups excluding carboxylic acids is 2. The van der Waals surface area contributed by atoms with E-state index in [4.69, 9.17) is 33.2 Å². The molecule has 15 heteroatoms. The number of hydrogen-bond donors (Lipinski definition) is 6. The third-order valence-corrected chi connectivity index (χ3v) is 9.45. The molecule has 3 heterocycles. The maximum absolute atomic E-state index is 12.2. The van der Waals surface area contributed by atoms with Crippen LogP contribution in [0.15, 0.2) is 0 Å². The Labute approximate surface area is 295 Å². The van der Waals surface area contributed by atoms with E-state index >= 15 is 0 Å². The van der Waals surface area contributed by atoms with E-state index in [0.717, 1.165) is 38.5 Å². The molecule has 0 aliphatic carbocycles. The van der Waals surface area contributed by atoms with E-state index in [1.54, 1.807) is 0 Å². The molecule has 0 aromatic heterocycles. The highest BCUT2D eigenvalue weighted by molar-refractivity contribution is 5.69. The van der Waals surface area contributed by atoms with Gasteiger partial charge in [0.1, 0.15) is 68.1 Å². The third-order valence-electron chi connectivity index (χ3n) is 9.45. The van der Waals surface area contributed by atoms with Crippen LogP contribution in [0.25, 0.3) is 0 Å². The van der Waals surface area contributed by atoms with Gasteiger partial charge in [-0.2, -0.15) is 0 Å².